The molecule has 0 aromatic heterocycles. The van der Waals surface area contributed by atoms with E-state index in [1.807, 2.05) is 30.5 Å². The van der Waals surface area contributed by atoms with E-state index in [0.717, 1.165) is 29.2 Å². The van der Waals surface area contributed by atoms with Gasteiger partial charge in [-0.3, -0.25) is 4.79 Å². The molecule has 0 radical (unpaired) electrons. The van der Waals surface area contributed by atoms with E-state index in [0.29, 0.717) is 5.78 Å². The Morgan fingerprint density at radius 1 is 1.40 bits per heavy atom. The molecule has 0 heterocycles. The number of carbonyl (C=O) groups is 1. The second kappa shape index (κ2) is 4.84. The van der Waals surface area contributed by atoms with Gasteiger partial charge in [-0.2, -0.15) is 0 Å². The van der Waals surface area contributed by atoms with Crippen molar-refractivity contribution in [3.05, 3.63) is 29.8 Å². The van der Waals surface area contributed by atoms with Crippen molar-refractivity contribution in [1.82, 2.24) is 0 Å². The van der Waals surface area contributed by atoms with Gasteiger partial charge in [0.15, 0.2) is 5.78 Å². The summed E-state index contributed by atoms with van der Waals surface area (Å²) in [5.74, 6) is 1.15. The standard InChI is InChI=1S/C13H16OS/c1-15-13-5-3-2-4-11(13)12(14)9-8-10-6-7-10/h2-5,10H,6-9H2,1H3. The summed E-state index contributed by atoms with van der Waals surface area (Å²) in [6.45, 7) is 0. The SMILES string of the molecule is CSc1ccccc1C(=O)CCC1CC1. The van der Waals surface area contributed by atoms with Gasteiger partial charge in [-0.15, -0.1) is 11.8 Å². The number of thioether (sulfide) groups is 1. The lowest BCUT2D eigenvalue weighted by Crippen LogP contribution is -2.01. The number of ketones is 1. The lowest BCUT2D eigenvalue weighted by Gasteiger charge is -2.05. The third-order valence-corrected chi connectivity index (χ3v) is 3.68. The molecule has 0 amide bonds. The van der Waals surface area contributed by atoms with E-state index in [1.165, 1.54) is 12.8 Å². The van der Waals surface area contributed by atoms with Crippen LogP contribution in [0.1, 0.15) is 36.0 Å². The van der Waals surface area contributed by atoms with Crippen LogP contribution in [0.5, 0.6) is 0 Å². The molecule has 0 bridgehead atoms. The molecule has 1 nitrogen and oxygen atoms in total. The molecule has 0 spiro atoms. The Labute approximate surface area is 95.3 Å². The highest BCUT2D eigenvalue weighted by Crippen LogP contribution is 2.34. The van der Waals surface area contributed by atoms with Crippen LogP contribution < -0.4 is 0 Å². The summed E-state index contributed by atoms with van der Waals surface area (Å²) in [6, 6.07) is 7.91. The summed E-state index contributed by atoms with van der Waals surface area (Å²) >= 11 is 1.65. The zero-order valence-electron chi connectivity index (χ0n) is 9.03. The zero-order chi connectivity index (χ0) is 10.7. The minimum absolute atomic E-state index is 0.312. The molecular formula is C13H16OS. The Morgan fingerprint density at radius 2 is 2.13 bits per heavy atom. The van der Waals surface area contributed by atoms with Crippen LogP contribution in [0.2, 0.25) is 0 Å². The van der Waals surface area contributed by atoms with E-state index in [4.69, 9.17) is 0 Å². The largest absolute Gasteiger partial charge is 0.294 e. The molecule has 0 atom stereocenters. The van der Waals surface area contributed by atoms with E-state index >= 15 is 0 Å². The van der Waals surface area contributed by atoms with Crippen molar-refractivity contribution in [1.29, 1.82) is 0 Å². The van der Waals surface area contributed by atoms with Crippen molar-refractivity contribution in [2.45, 2.75) is 30.6 Å². The molecule has 0 unspecified atom stereocenters. The molecule has 1 aromatic carbocycles. The van der Waals surface area contributed by atoms with Gasteiger partial charge in [0.1, 0.15) is 0 Å². The molecule has 2 heteroatoms. The maximum absolute atomic E-state index is 11.9. The van der Waals surface area contributed by atoms with Crippen LogP contribution in [-0.4, -0.2) is 12.0 Å². The maximum Gasteiger partial charge on any atom is 0.164 e. The Kier molecular flexibility index (Phi) is 3.47. The van der Waals surface area contributed by atoms with Crippen LogP contribution in [0.4, 0.5) is 0 Å². The van der Waals surface area contributed by atoms with Crippen LogP contribution >= 0.6 is 11.8 Å². The number of benzene rings is 1. The van der Waals surface area contributed by atoms with Crippen LogP contribution in [0.25, 0.3) is 0 Å². The molecule has 80 valence electrons. The van der Waals surface area contributed by atoms with E-state index in [1.54, 1.807) is 11.8 Å². The molecule has 0 saturated heterocycles. The predicted octanol–water partition coefficient (Wildman–Crippen LogP) is 3.78. The summed E-state index contributed by atoms with van der Waals surface area (Å²) in [4.78, 5) is 13.1. The fourth-order valence-corrected chi connectivity index (χ4v) is 2.37. The van der Waals surface area contributed by atoms with Crippen LogP contribution in [-0.2, 0) is 0 Å². The Balaban J connectivity index is 2.02. The highest BCUT2D eigenvalue weighted by atomic mass is 32.2. The van der Waals surface area contributed by atoms with Crippen molar-refractivity contribution >= 4 is 17.5 Å². The molecule has 0 N–H and O–H groups in total. The Morgan fingerprint density at radius 3 is 2.80 bits per heavy atom. The van der Waals surface area contributed by atoms with Gasteiger partial charge in [0.05, 0.1) is 0 Å². The molecule has 1 aliphatic rings. The first-order valence-corrected chi connectivity index (χ1v) is 6.70. The van der Waals surface area contributed by atoms with Crippen molar-refractivity contribution < 1.29 is 4.79 Å². The average Bonchev–Trinajstić information content (AvgIpc) is 3.09. The second-order valence-electron chi connectivity index (χ2n) is 4.11. The first kappa shape index (κ1) is 10.7. The Bertz CT molecular complexity index is 355. The van der Waals surface area contributed by atoms with Gasteiger partial charge < -0.3 is 0 Å². The third kappa shape index (κ3) is 2.85. The molecular weight excluding hydrogens is 204 g/mol. The van der Waals surface area contributed by atoms with Crippen molar-refractivity contribution in [3.8, 4) is 0 Å². The van der Waals surface area contributed by atoms with E-state index in [2.05, 4.69) is 0 Å². The minimum atomic E-state index is 0.312. The molecule has 2 rings (SSSR count). The molecule has 15 heavy (non-hydrogen) atoms. The van der Waals surface area contributed by atoms with Crippen molar-refractivity contribution in [2.24, 2.45) is 5.92 Å². The topological polar surface area (TPSA) is 17.1 Å². The van der Waals surface area contributed by atoms with Crippen molar-refractivity contribution in [2.75, 3.05) is 6.26 Å². The predicted molar refractivity (Wildman–Crippen MR) is 64.5 cm³/mol. The molecule has 1 fully saturated rings. The van der Waals surface area contributed by atoms with Gasteiger partial charge in [-0.1, -0.05) is 31.0 Å². The van der Waals surface area contributed by atoms with Gasteiger partial charge in [-0.05, 0) is 24.7 Å². The van der Waals surface area contributed by atoms with Gasteiger partial charge in [0, 0.05) is 16.9 Å². The first-order valence-electron chi connectivity index (χ1n) is 5.47. The number of Topliss-reactive ketones (excluding diaryl/α,β-unsaturated/α-hetero) is 1. The number of carbonyl (C=O) groups excluding carboxylic acids is 1. The quantitative estimate of drug-likeness (QED) is 0.555. The molecule has 1 aromatic rings. The summed E-state index contributed by atoms with van der Waals surface area (Å²) < 4.78 is 0. The number of rotatable bonds is 5. The smallest absolute Gasteiger partial charge is 0.164 e. The highest BCUT2D eigenvalue weighted by molar-refractivity contribution is 7.98. The fraction of sp³-hybridized carbons (Fsp3) is 0.462. The second-order valence-corrected chi connectivity index (χ2v) is 4.95. The van der Waals surface area contributed by atoms with E-state index < -0.39 is 0 Å². The monoisotopic (exact) mass is 220 g/mol. The lowest BCUT2D eigenvalue weighted by molar-refractivity contribution is 0.0975. The minimum Gasteiger partial charge on any atom is -0.294 e. The van der Waals surface area contributed by atoms with Crippen LogP contribution in [0, 0.1) is 5.92 Å². The summed E-state index contributed by atoms with van der Waals surface area (Å²) in [6.07, 6.45) is 6.49. The van der Waals surface area contributed by atoms with E-state index in [9.17, 15) is 4.79 Å². The molecule has 1 saturated carbocycles. The van der Waals surface area contributed by atoms with Gasteiger partial charge in [0.2, 0.25) is 0 Å². The Hall–Kier alpha value is -0.760. The number of hydrogen-bond acceptors (Lipinski definition) is 2. The lowest BCUT2D eigenvalue weighted by atomic mass is 10.1. The summed E-state index contributed by atoms with van der Waals surface area (Å²) in [7, 11) is 0. The van der Waals surface area contributed by atoms with Gasteiger partial charge in [-0.25, -0.2) is 0 Å². The molecule has 1 aliphatic carbocycles. The van der Waals surface area contributed by atoms with Crippen LogP contribution in [0.15, 0.2) is 29.2 Å². The first-order chi connectivity index (χ1) is 7.31. The van der Waals surface area contributed by atoms with Gasteiger partial charge in [0.25, 0.3) is 0 Å². The van der Waals surface area contributed by atoms with Crippen LogP contribution in [0.3, 0.4) is 0 Å². The highest BCUT2D eigenvalue weighted by Gasteiger charge is 2.22. The zero-order valence-corrected chi connectivity index (χ0v) is 9.85. The number of hydrogen-bond donors (Lipinski definition) is 0. The third-order valence-electron chi connectivity index (χ3n) is 2.88. The fourth-order valence-electron chi connectivity index (χ4n) is 1.75. The average molecular weight is 220 g/mol. The summed E-state index contributed by atoms with van der Waals surface area (Å²) in [5.41, 5.74) is 0.908. The summed E-state index contributed by atoms with van der Waals surface area (Å²) in [5, 5.41) is 0. The van der Waals surface area contributed by atoms with Crippen molar-refractivity contribution in [3.63, 3.8) is 0 Å². The molecule has 0 aliphatic heterocycles. The van der Waals surface area contributed by atoms with E-state index in [-0.39, 0.29) is 0 Å². The maximum atomic E-state index is 11.9. The van der Waals surface area contributed by atoms with Gasteiger partial charge >= 0.3 is 0 Å². The normalized spacial score (nSPS) is 15.3.